The standard InChI is InChI=1S/C31H52O3/c32-30-27-25-29(26-28-30)23-21-19-17-15-13-11-9-7-5-3-1-2-4-6-8-10-12-14-16-18-20-22-24-31(33)34/h21,23,25-28,32H,1-20,22,24H2,(H,33,34)/b23-21-. The van der Waals surface area contributed by atoms with E-state index >= 15 is 0 Å². The maximum atomic E-state index is 10.4. The van der Waals surface area contributed by atoms with Gasteiger partial charge in [-0.1, -0.05) is 140 Å². The molecule has 1 rings (SSSR count). The summed E-state index contributed by atoms with van der Waals surface area (Å²) in [6, 6.07) is 7.38. The van der Waals surface area contributed by atoms with Gasteiger partial charge in [0.2, 0.25) is 0 Å². The highest BCUT2D eigenvalue weighted by Crippen LogP contribution is 2.16. The van der Waals surface area contributed by atoms with Crippen molar-refractivity contribution in [2.24, 2.45) is 0 Å². The molecule has 3 heteroatoms. The number of benzene rings is 1. The van der Waals surface area contributed by atoms with Crippen molar-refractivity contribution in [3.8, 4) is 5.75 Å². The molecular formula is C31H52O3. The number of allylic oxidation sites excluding steroid dienone is 1. The predicted octanol–water partition coefficient (Wildman–Crippen LogP) is 10.1. The Morgan fingerprint density at radius 2 is 0.912 bits per heavy atom. The Labute approximate surface area is 210 Å². The minimum atomic E-state index is -0.657. The highest BCUT2D eigenvalue weighted by molar-refractivity contribution is 5.66. The Bertz CT molecular complexity index is 606. The highest BCUT2D eigenvalue weighted by Gasteiger charge is 1.97. The third-order valence-corrected chi connectivity index (χ3v) is 6.71. The Morgan fingerprint density at radius 3 is 1.29 bits per heavy atom. The van der Waals surface area contributed by atoms with E-state index in [0.717, 1.165) is 24.8 Å². The van der Waals surface area contributed by atoms with E-state index in [1.54, 1.807) is 12.1 Å². The zero-order chi connectivity index (χ0) is 24.5. The average Bonchev–Trinajstić information content (AvgIpc) is 2.82. The van der Waals surface area contributed by atoms with Gasteiger partial charge in [-0.15, -0.1) is 0 Å². The lowest BCUT2D eigenvalue weighted by Gasteiger charge is -2.04. The molecule has 0 amide bonds. The largest absolute Gasteiger partial charge is 0.508 e. The number of rotatable bonds is 24. The lowest BCUT2D eigenvalue weighted by atomic mass is 10.0. The molecule has 1 aromatic carbocycles. The van der Waals surface area contributed by atoms with E-state index in [2.05, 4.69) is 12.2 Å². The molecule has 0 aliphatic carbocycles. The average molecular weight is 473 g/mol. The van der Waals surface area contributed by atoms with Crippen LogP contribution in [0.25, 0.3) is 6.08 Å². The summed E-state index contributed by atoms with van der Waals surface area (Å²) in [7, 11) is 0. The van der Waals surface area contributed by atoms with Gasteiger partial charge in [0.05, 0.1) is 0 Å². The number of phenolic OH excluding ortho intramolecular Hbond substituents is 1. The van der Waals surface area contributed by atoms with Crippen LogP contribution in [0.1, 0.15) is 147 Å². The van der Waals surface area contributed by atoms with Crippen LogP contribution in [0.4, 0.5) is 0 Å². The van der Waals surface area contributed by atoms with Crippen LogP contribution in [0, 0.1) is 0 Å². The molecule has 0 bridgehead atoms. The highest BCUT2D eigenvalue weighted by atomic mass is 16.4. The summed E-state index contributed by atoms with van der Waals surface area (Å²) in [6.07, 6.45) is 32.4. The molecule has 2 N–H and O–H groups in total. The minimum Gasteiger partial charge on any atom is -0.508 e. The number of aliphatic carboxylic acids is 1. The predicted molar refractivity (Wildman–Crippen MR) is 146 cm³/mol. The molecule has 1 aromatic rings. The Morgan fingerprint density at radius 1 is 0.559 bits per heavy atom. The first kappa shape index (κ1) is 30.3. The molecule has 0 aromatic heterocycles. The van der Waals surface area contributed by atoms with Gasteiger partial charge in [-0.2, -0.15) is 0 Å². The van der Waals surface area contributed by atoms with Crippen LogP contribution in [0.3, 0.4) is 0 Å². The zero-order valence-corrected chi connectivity index (χ0v) is 21.8. The summed E-state index contributed by atoms with van der Waals surface area (Å²) in [4.78, 5) is 10.4. The summed E-state index contributed by atoms with van der Waals surface area (Å²) < 4.78 is 0. The molecule has 0 saturated heterocycles. The monoisotopic (exact) mass is 472 g/mol. The number of carbonyl (C=O) groups is 1. The Hall–Kier alpha value is -1.77. The Kier molecular flexibility index (Phi) is 20.5. The van der Waals surface area contributed by atoms with Crippen molar-refractivity contribution in [1.82, 2.24) is 0 Å². The molecule has 0 unspecified atom stereocenters. The smallest absolute Gasteiger partial charge is 0.303 e. The summed E-state index contributed by atoms with van der Waals surface area (Å²) in [5.41, 5.74) is 1.16. The first-order chi connectivity index (χ1) is 16.7. The van der Waals surface area contributed by atoms with Crippen molar-refractivity contribution in [2.75, 3.05) is 0 Å². The van der Waals surface area contributed by atoms with Gasteiger partial charge in [-0.05, 0) is 37.0 Å². The molecule has 194 valence electrons. The van der Waals surface area contributed by atoms with Crippen LogP contribution >= 0.6 is 0 Å². The second-order valence-electron chi connectivity index (χ2n) is 10.00. The van der Waals surface area contributed by atoms with E-state index < -0.39 is 5.97 Å². The molecule has 0 heterocycles. The normalized spacial score (nSPS) is 11.4. The van der Waals surface area contributed by atoms with Crippen LogP contribution < -0.4 is 0 Å². The molecule has 0 fully saturated rings. The third kappa shape index (κ3) is 20.8. The maximum absolute atomic E-state index is 10.4. The molecule has 0 atom stereocenters. The van der Waals surface area contributed by atoms with Crippen molar-refractivity contribution in [3.05, 3.63) is 35.9 Å². The van der Waals surface area contributed by atoms with Crippen molar-refractivity contribution >= 4 is 12.0 Å². The molecule has 0 spiro atoms. The van der Waals surface area contributed by atoms with E-state index in [1.807, 2.05) is 12.1 Å². The van der Waals surface area contributed by atoms with E-state index in [4.69, 9.17) is 5.11 Å². The molecule has 0 aliphatic heterocycles. The zero-order valence-electron chi connectivity index (χ0n) is 21.8. The SMILES string of the molecule is O=C(O)CCCCCCCCCCCCCCCCCCCCCC/C=C\c1ccc(O)cc1. The van der Waals surface area contributed by atoms with Crippen molar-refractivity contribution in [1.29, 1.82) is 0 Å². The van der Waals surface area contributed by atoms with Crippen LogP contribution in [0.5, 0.6) is 5.75 Å². The summed E-state index contributed by atoms with van der Waals surface area (Å²) in [5.74, 6) is -0.328. The van der Waals surface area contributed by atoms with Gasteiger partial charge in [0, 0.05) is 6.42 Å². The number of aromatic hydroxyl groups is 1. The number of phenols is 1. The van der Waals surface area contributed by atoms with Crippen LogP contribution in [0.15, 0.2) is 30.3 Å². The fourth-order valence-electron chi connectivity index (χ4n) is 4.53. The quantitative estimate of drug-likeness (QED) is 0.147. The van der Waals surface area contributed by atoms with Gasteiger partial charge in [-0.3, -0.25) is 4.79 Å². The fourth-order valence-corrected chi connectivity index (χ4v) is 4.53. The van der Waals surface area contributed by atoms with E-state index in [1.165, 1.54) is 116 Å². The Balaban J connectivity index is 1.70. The van der Waals surface area contributed by atoms with Crippen molar-refractivity contribution in [3.63, 3.8) is 0 Å². The summed E-state index contributed by atoms with van der Waals surface area (Å²) >= 11 is 0. The number of carboxylic acids is 1. The van der Waals surface area contributed by atoms with Gasteiger partial charge in [0.1, 0.15) is 5.75 Å². The van der Waals surface area contributed by atoms with Crippen LogP contribution in [-0.4, -0.2) is 16.2 Å². The third-order valence-electron chi connectivity index (χ3n) is 6.71. The van der Waals surface area contributed by atoms with Crippen molar-refractivity contribution < 1.29 is 15.0 Å². The van der Waals surface area contributed by atoms with Gasteiger partial charge in [0.25, 0.3) is 0 Å². The number of carboxylic acid groups (broad SMARTS) is 1. The molecular weight excluding hydrogens is 420 g/mol. The molecule has 34 heavy (non-hydrogen) atoms. The first-order valence-electron chi connectivity index (χ1n) is 14.4. The van der Waals surface area contributed by atoms with Crippen molar-refractivity contribution in [2.45, 2.75) is 141 Å². The van der Waals surface area contributed by atoms with Gasteiger partial charge >= 0.3 is 5.97 Å². The lowest BCUT2D eigenvalue weighted by Crippen LogP contribution is -1.93. The maximum Gasteiger partial charge on any atom is 0.303 e. The van der Waals surface area contributed by atoms with Gasteiger partial charge in [-0.25, -0.2) is 0 Å². The second kappa shape index (κ2) is 23.0. The summed E-state index contributed by atoms with van der Waals surface area (Å²) in [5, 5.41) is 17.9. The van der Waals surface area contributed by atoms with Crippen LogP contribution in [-0.2, 0) is 4.79 Å². The second-order valence-corrected chi connectivity index (χ2v) is 10.00. The molecule has 0 radical (unpaired) electrons. The first-order valence-corrected chi connectivity index (χ1v) is 14.4. The van der Waals surface area contributed by atoms with E-state index in [-0.39, 0.29) is 0 Å². The molecule has 0 aliphatic rings. The number of hydrogen-bond donors (Lipinski definition) is 2. The molecule has 0 saturated carbocycles. The summed E-state index contributed by atoms with van der Waals surface area (Å²) in [6.45, 7) is 0. The minimum absolute atomic E-state index is 0.329. The van der Waals surface area contributed by atoms with E-state index in [9.17, 15) is 9.90 Å². The molecule has 3 nitrogen and oxygen atoms in total. The number of hydrogen-bond acceptors (Lipinski definition) is 2. The van der Waals surface area contributed by atoms with E-state index in [0.29, 0.717) is 12.2 Å². The number of unbranched alkanes of at least 4 members (excludes halogenated alkanes) is 20. The van der Waals surface area contributed by atoms with Crippen LogP contribution in [0.2, 0.25) is 0 Å². The lowest BCUT2D eigenvalue weighted by molar-refractivity contribution is -0.137. The van der Waals surface area contributed by atoms with Gasteiger partial charge < -0.3 is 10.2 Å². The fraction of sp³-hybridized carbons (Fsp3) is 0.710. The van der Waals surface area contributed by atoms with Gasteiger partial charge in [0.15, 0.2) is 0 Å². The topological polar surface area (TPSA) is 57.5 Å².